The van der Waals surface area contributed by atoms with Crippen LogP contribution in [0.4, 0.5) is 0 Å². The Bertz CT molecular complexity index is 935. The lowest BCUT2D eigenvalue weighted by Crippen LogP contribution is -2.26. The summed E-state index contributed by atoms with van der Waals surface area (Å²) in [5.41, 5.74) is 7.61. The van der Waals surface area contributed by atoms with E-state index in [4.69, 9.17) is 10.5 Å². The van der Waals surface area contributed by atoms with Gasteiger partial charge in [-0.3, -0.25) is 9.59 Å². The fourth-order valence-corrected chi connectivity index (χ4v) is 2.41. The first-order valence-electron chi connectivity index (χ1n) is 8.22. The minimum Gasteiger partial charge on any atom is -0.487 e. The Kier molecular flexibility index (Phi) is 5.56. The minimum absolute atomic E-state index is 0.125. The fourth-order valence-electron chi connectivity index (χ4n) is 2.41. The first-order valence-corrected chi connectivity index (χ1v) is 8.22. The maximum atomic E-state index is 12.3. The molecule has 0 atom stereocenters. The molecule has 0 radical (unpaired) electrons. The lowest BCUT2D eigenvalue weighted by molar-refractivity contribution is 0.0965. The smallest absolute Gasteiger partial charge is 0.270 e. The number of hydrogen-bond acceptors (Lipinski definition) is 5. The summed E-state index contributed by atoms with van der Waals surface area (Å²) < 4.78 is 6.69. The molecule has 0 fully saturated rings. The third-order valence-corrected chi connectivity index (χ3v) is 3.90. The Morgan fingerprint density at radius 2 is 1.77 bits per heavy atom. The molecule has 132 valence electrons. The predicted molar refractivity (Wildman–Crippen MR) is 97.9 cm³/mol. The first kappa shape index (κ1) is 17.6. The molecule has 6 heteroatoms. The summed E-state index contributed by atoms with van der Waals surface area (Å²) in [6, 6.07) is 18.0. The average Bonchev–Trinajstić information content (AvgIpc) is 2.69. The number of benzene rings is 2. The molecule has 0 saturated heterocycles. The van der Waals surface area contributed by atoms with Gasteiger partial charge in [0.2, 0.25) is 0 Å². The van der Waals surface area contributed by atoms with Crippen LogP contribution in [0.1, 0.15) is 21.5 Å². The molecule has 0 bridgehead atoms. The van der Waals surface area contributed by atoms with Gasteiger partial charge in [0, 0.05) is 18.2 Å². The third-order valence-electron chi connectivity index (χ3n) is 3.90. The van der Waals surface area contributed by atoms with E-state index in [2.05, 4.69) is 5.10 Å². The maximum absolute atomic E-state index is 12.3. The first-order chi connectivity index (χ1) is 12.7. The van der Waals surface area contributed by atoms with Crippen LogP contribution < -0.4 is 16.0 Å². The Morgan fingerprint density at radius 3 is 2.42 bits per heavy atom. The lowest BCUT2D eigenvalue weighted by Gasteiger charge is -2.08. The molecule has 0 saturated carbocycles. The largest absolute Gasteiger partial charge is 0.487 e. The van der Waals surface area contributed by atoms with Gasteiger partial charge in [0.15, 0.2) is 5.78 Å². The van der Waals surface area contributed by atoms with Crippen molar-refractivity contribution in [2.24, 2.45) is 5.73 Å². The molecule has 3 rings (SSSR count). The van der Waals surface area contributed by atoms with E-state index < -0.39 is 0 Å². The fraction of sp³-hybridized carbons (Fsp3) is 0.150. The summed E-state index contributed by atoms with van der Waals surface area (Å²) in [7, 11) is 0. The number of nitrogens with zero attached hydrogens (tertiary/aromatic N) is 2. The molecule has 0 unspecified atom stereocenters. The average molecular weight is 349 g/mol. The normalized spacial score (nSPS) is 10.5. The minimum atomic E-state index is -0.387. The number of ether oxygens (including phenoxy) is 1. The van der Waals surface area contributed by atoms with Crippen LogP contribution in [0.3, 0.4) is 0 Å². The van der Waals surface area contributed by atoms with Crippen LogP contribution in [0, 0.1) is 0 Å². The molecule has 26 heavy (non-hydrogen) atoms. The molecule has 3 aromatic rings. The molecule has 0 amide bonds. The Balaban J connectivity index is 1.65. The van der Waals surface area contributed by atoms with Crippen LogP contribution in [0.5, 0.6) is 5.75 Å². The highest BCUT2D eigenvalue weighted by Crippen LogP contribution is 2.09. The van der Waals surface area contributed by atoms with Crippen LogP contribution in [-0.2, 0) is 19.7 Å². The summed E-state index contributed by atoms with van der Waals surface area (Å²) in [4.78, 5) is 24.5. The van der Waals surface area contributed by atoms with Gasteiger partial charge >= 0.3 is 0 Å². The van der Waals surface area contributed by atoms with Gasteiger partial charge in [-0.1, -0.05) is 54.6 Å². The highest BCUT2D eigenvalue weighted by Gasteiger charge is 2.10. The lowest BCUT2D eigenvalue weighted by atomic mass is 10.1. The van der Waals surface area contributed by atoms with Crippen molar-refractivity contribution in [1.29, 1.82) is 0 Å². The number of rotatable bonds is 7. The number of hydrogen-bond donors (Lipinski definition) is 1. The quantitative estimate of drug-likeness (QED) is 0.661. The molecule has 6 nitrogen and oxygen atoms in total. The zero-order valence-electron chi connectivity index (χ0n) is 14.2. The second-order valence-electron chi connectivity index (χ2n) is 5.79. The van der Waals surface area contributed by atoms with E-state index in [-0.39, 0.29) is 17.9 Å². The number of carbonyl (C=O) groups is 1. The predicted octanol–water partition coefficient (Wildman–Crippen LogP) is 2.16. The molecule has 0 spiro atoms. The zero-order valence-corrected chi connectivity index (χ0v) is 14.2. The number of ketones is 1. The van der Waals surface area contributed by atoms with E-state index in [1.807, 2.05) is 30.3 Å². The molecule has 0 aliphatic heterocycles. The summed E-state index contributed by atoms with van der Waals surface area (Å²) in [6.07, 6.45) is 1.44. The molecular formula is C20H19N3O3. The monoisotopic (exact) mass is 349 g/mol. The number of aromatic nitrogens is 2. The van der Waals surface area contributed by atoms with Gasteiger partial charge in [-0.05, 0) is 11.1 Å². The SMILES string of the molecule is NCc1ccc(C(=O)Cn2ncc(OCc3ccccc3)cc2=O)cc1. The van der Waals surface area contributed by atoms with Crippen molar-refractivity contribution in [2.45, 2.75) is 19.7 Å². The number of nitrogens with two attached hydrogens (primary N) is 1. The van der Waals surface area contributed by atoms with Crippen LogP contribution in [0.2, 0.25) is 0 Å². The van der Waals surface area contributed by atoms with Gasteiger partial charge in [0.05, 0.1) is 6.20 Å². The topological polar surface area (TPSA) is 87.2 Å². The Hall–Kier alpha value is -3.25. The summed E-state index contributed by atoms with van der Waals surface area (Å²) in [5, 5.41) is 4.03. The second kappa shape index (κ2) is 8.22. The Morgan fingerprint density at radius 1 is 1.04 bits per heavy atom. The molecule has 1 heterocycles. The molecule has 2 N–H and O–H groups in total. The van der Waals surface area contributed by atoms with Crippen LogP contribution in [0.25, 0.3) is 0 Å². The number of Topliss-reactive ketones (excluding diaryl/α,β-unsaturated/α-hetero) is 1. The van der Waals surface area contributed by atoms with E-state index >= 15 is 0 Å². The highest BCUT2D eigenvalue weighted by atomic mass is 16.5. The van der Waals surface area contributed by atoms with Crippen molar-refractivity contribution in [2.75, 3.05) is 0 Å². The summed E-state index contributed by atoms with van der Waals surface area (Å²) in [6.45, 7) is 0.637. The number of carbonyl (C=O) groups excluding carboxylic acids is 1. The van der Waals surface area contributed by atoms with Crippen molar-refractivity contribution in [3.8, 4) is 5.75 Å². The van der Waals surface area contributed by atoms with Gasteiger partial charge in [0.25, 0.3) is 5.56 Å². The highest BCUT2D eigenvalue weighted by molar-refractivity contribution is 5.95. The molecular weight excluding hydrogens is 330 g/mol. The van der Waals surface area contributed by atoms with Crippen molar-refractivity contribution in [1.82, 2.24) is 9.78 Å². The van der Waals surface area contributed by atoms with E-state index in [0.29, 0.717) is 24.5 Å². The molecule has 0 aliphatic rings. The van der Waals surface area contributed by atoms with Crippen molar-refractivity contribution in [3.63, 3.8) is 0 Å². The zero-order chi connectivity index (χ0) is 18.4. The van der Waals surface area contributed by atoms with Crippen molar-refractivity contribution < 1.29 is 9.53 Å². The van der Waals surface area contributed by atoms with Gasteiger partial charge in [-0.2, -0.15) is 5.10 Å². The maximum Gasteiger partial charge on any atom is 0.270 e. The van der Waals surface area contributed by atoms with Crippen LogP contribution in [0.15, 0.2) is 71.7 Å². The van der Waals surface area contributed by atoms with Crippen LogP contribution >= 0.6 is 0 Å². The van der Waals surface area contributed by atoms with E-state index in [1.165, 1.54) is 12.3 Å². The van der Waals surface area contributed by atoms with E-state index in [9.17, 15) is 9.59 Å². The molecule has 0 aliphatic carbocycles. The van der Waals surface area contributed by atoms with Gasteiger partial charge in [-0.15, -0.1) is 0 Å². The van der Waals surface area contributed by atoms with E-state index in [1.54, 1.807) is 24.3 Å². The summed E-state index contributed by atoms with van der Waals surface area (Å²) >= 11 is 0. The van der Waals surface area contributed by atoms with E-state index in [0.717, 1.165) is 15.8 Å². The standard InChI is InChI=1S/C20H19N3O3/c21-11-15-6-8-17(9-7-15)19(24)13-23-20(25)10-18(12-22-23)26-14-16-4-2-1-3-5-16/h1-10,12H,11,13-14,21H2. The summed E-state index contributed by atoms with van der Waals surface area (Å²) in [5.74, 6) is 0.177. The van der Waals surface area contributed by atoms with Gasteiger partial charge in [-0.25, -0.2) is 4.68 Å². The van der Waals surface area contributed by atoms with Gasteiger partial charge < -0.3 is 10.5 Å². The van der Waals surface area contributed by atoms with Crippen molar-refractivity contribution in [3.05, 3.63) is 93.9 Å². The van der Waals surface area contributed by atoms with Crippen molar-refractivity contribution >= 4 is 5.78 Å². The Labute approximate surface area is 150 Å². The second-order valence-corrected chi connectivity index (χ2v) is 5.79. The molecule has 2 aromatic carbocycles. The van der Waals surface area contributed by atoms with Gasteiger partial charge in [0.1, 0.15) is 18.9 Å². The third kappa shape index (κ3) is 4.43. The molecule has 1 aromatic heterocycles. The van der Waals surface area contributed by atoms with Crippen LogP contribution in [-0.4, -0.2) is 15.6 Å².